The van der Waals surface area contributed by atoms with Gasteiger partial charge in [-0.25, -0.2) is 0 Å². The fraction of sp³-hybridized carbons (Fsp3) is 0.500. The first kappa shape index (κ1) is 11.9. The number of hydrogen-bond acceptors (Lipinski definition) is 2. The summed E-state index contributed by atoms with van der Waals surface area (Å²) in [5.74, 6) is -0.146. The van der Waals surface area contributed by atoms with E-state index in [1.165, 1.54) is 6.08 Å². The van der Waals surface area contributed by atoms with E-state index in [1.54, 1.807) is 7.11 Å². The quantitative estimate of drug-likeness (QED) is 0.367. The summed E-state index contributed by atoms with van der Waals surface area (Å²) in [6.07, 6.45) is 3.33. The van der Waals surface area contributed by atoms with Gasteiger partial charge in [-0.1, -0.05) is 19.2 Å². The van der Waals surface area contributed by atoms with Crippen LogP contribution >= 0.6 is 0 Å². The second-order valence-corrected chi connectivity index (χ2v) is 2.69. The number of unbranched alkanes of at least 4 members (excludes halogenated alkanes) is 1. The fourth-order valence-electron chi connectivity index (χ4n) is 0.780. The Balaban J connectivity index is 3.37. The second-order valence-electron chi connectivity index (χ2n) is 2.69. The lowest BCUT2D eigenvalue weighted by Gasteiger charge is -2.03. The average Bonchev–Trinajstić information content (AvgIpc) is 2.16. The molecule has 0 aliphatic heterocycles. The summed E-state index contributed by atoms with van der Waals surface area (Å²) in [5, 5.41) is 2.73. The van der Waals surface area contributed by atoms with Crippen molar-refractivity contribution in [2.45, 2.75) is 12.8 Å². The molecule has 1 amide bonds. The van der Waals surface area contributed by atoms with E-state index < -0.39 is 0 Å². The van der Waals surface area contributed by atoms with Gasteiger partial charge >= 0.3 is 0 Å². The monoisotopic (exact) mass is 183 g/mol. The molecule has 3 nitrogen and oxygen atoms in total. The van der Waals surface area contributed by atoms with Gasteiger partial charge in [0.15, 0.2) is 0 Å². The lowest BCUT2D eigenvalue weighted by Crippen LogP contribution is -2.25. The summed E-state index contributed by atoms with van der Waals surface area (Å²) in [6.45, 7) is 8.39. The van der Waals surface area contributed by atoms with Gasteiger partial charge in [0.25, 0.3) is 5.91 Å². The van der Waals surface area contributed by atoms with Crippen molar-refractivity contribution < 1.29 is 9.53 Å². The van der Waals surface area contributed by atoms with E-state index in [1.807, 2.05) is 0 Å². The Hall–Kier alpha value is -1.09. The molecule has 0 atom stereocenters. The molecule has 3 heteroatoms. The van der Waals surface area contributed by atoms with Gasteiger partial charge in [-0.05, 0) is 12.8 Å². The molecule has 0 aromatic heterocycles. The molecule has 1 N–H and O–H groups in total. The van der Waals surface area contributed by atoms with E-state index >= 15 is 0 Å². The molecule has 0 fully saturated rings. The van der Waals surface area contributed by atoms with E-state index in [0.717, 1.165) is 19.4 Å². The van der Waals surface area contributed by atoms with Gasteiger partial charge in [0.1, 0.15) is 0 Å². The smallest absolute Gasteiger partial charge is 0.250 e. The zero-order chi connectivity index (χ0) is 10.1. The van der Waals surface area contributed by atoms with Gasteiger partial charge in [0, 0.05) is 25.8 Å². The minimum atomic E-state index is -0.146. The Morgan fingerprint density at radius 3 is 2.77 bits per heavy atom. The molecule has 13 heavy (non-hydrogen) atoms. The zero-order valence-electron chi connectivity index (χ0n) is 8.14. The first-order valence-electron chi connectivity index (χ1n) is 4.31. The predicted octanol–water partition coefficient (Wildman–Crippen LogP) is 1.27. The summed E-state index contributed by atoms with van der Waals surface area (Å²) < 4.78 is 4.87. The largest absolute Gasteiger partial charge is 0.385 e. The number of carbonyl (C=O) groups excluding carboxylic acids is 1. The highest BCUT2D eigenvalue weighted by Crippen LogP contribution is 1.91. The van der Waals surface area contributed by atoms with Crippen LogP contribution in [0.5, 0.6) is 0 Å². The van der Waals surface area contributed by atoms with Crippen LogP contribution in [0.2, 0.25) is 0 Å². The van der Waals surface area contributed by atoms with Crippen molar-refractivity contribution in [3.63, 3.8) is 0 Å². The molecule has 0 aromatic carbocycles. The molecule has 0 bridgehead atoms. The SMILES string of the molecule is C=CC(=C)C(=O)NCCCCOC. The van der Waals surface area contributed by atoms with E-state index in [4.69, 9.17) is 4.74 Å². The molecule has 0 saturated heterocycles. The maximum Gasteiger partial charge on any atom is 0.250 e. The normalized spacial score (nSPS) is 9.31. The number of amides is 1. The average molecular weight is 183 g/mol. The standard InChI is InChI=1S/C10H17NO2/c1-4-9(2)10(12)11-7-5-6-8-13-3/h4H,1-2,5-8H2,3H3,(H,11,12). The Kier molecular flexibility index (Phi) is 6.92. The molecule has 0 radical (unpaired) electrons. The fourth-order valence-corrected chi connectivity index (χ4v) is 0.780. The topological polar surface area (TPSA) is 38.3 Å². The van der Waals surface area contributed by atoms with E-state index in [2.05, 4.69) is 18.5 Å². The number of nitrogens with one attached hydrogen (secondary N) is 1. The zero-order valence-corrected chi connectivity index (χ0v) is 8.14. The van der Waals surface area contributed by atoms with E-state index in [0.29, 0.717) is 12.1 Å². The third-order valence-electron chi connectivity index (χ3n) is 1.60. The number of ether oxygens (including phenoxy) is 1. The molecule has 0 spiro atoms. The van der Waals surface area contributed by atoms with Crippen molar-refractivity contribution in [2.75, 3.05) is 20.3 Å². The van der Waals surface area contributed by atoms with Crippen LogP contribution in [0.3, 0.4) is 0 Å². The Morgan fingerprint density at radius 2 is 2.23 bits per heavy atom. The molecule has 0 aliphatic carbocycles. The highest BCUT2D eigenvalue weighted by molar-refractivity contribution is 5.95. The number of methoxy groups -OCH3 is 1. The van der Waals surface area contributed by atoms with E-state index in [9.17, 15) is 4.79 Å². The number of carbonyl (C=O) groups is 1. The molecule has 0 saturated carbocycles. The summed E-state index contributed by atoms with van der Waals surface area (Å²) in [4.78, 5) is 11.1. The molecule has 0 heterocycles. The number of hydrogen-bond donors (Lipinski definition) is 1. The molecule has 0 aliphatic rings. The maximum atomic E-state index is 11.1. The maximum absolute atomic E-state index is 11.1. The Morgan fingerprint density at radius 1 is 1.54 bits per heavy atom. The highest BCUT2D eigenvalue weighted by atomic mass is 16.5. The molecular formula is C10H17NO2. The van der Waals surface area contributed by atoms with Gasteiger partial charge in [-0.2, -0.15) is 0 Å². The van der Waals surface area contributed by atoms with Crippen LogP contribution in [0.15, 0.2) is 24.8 Å². The lowest BCUT2D eigenvalue weighted by molar-refractivity contribution is -0.117. The van der Waals surface area contributed by atoms with Crippen molar-refractivity contribution in [1.29, 1.82) is 0 Å². The summed E-state index contributed by atoms with van der Waals surface area (Å²) in [5.41, 5.74) is 0.409. The van der Waals surface area contributed by atoms with Gasteiger partial charge in [0.2, 0.25) is 0 Å². The molecule has 0 unspecified atom stereocenters. The van der Waals surface area contributed by atoms with Crippen molar-refractivity contribution in [1.82, 2.24) is 5.32 Å². The minimum absolute atomic E-state index is 0.146. The first-order valence-corrected chi connectivity index (χ1v) is 4.31. The van der Waals surface area contributed by atoms with Gasteiger partial charge in [-0.3, -0.25) is 4.79 Å². The van der Waals surface area contributed by atoms with Crippen molar-refractivity contribution in [3.05, 3.63) is 24.8 Å². The summed E-state index contributed by atoms with van der Waals surface area (Å²) >= 11 is 0. The Bertz CT molecular complexity index is 187. The lowest BCUT2D eigenvalue weighted by atomic mass is 10.2. The molecular weight excluding hydrogens is 166 g/mol. The van der Waals surface area contributed by atoms with Gasteiger partial charge in [0.05, 0.1) is 0 Å². The van der Waals surface area contributed by atoms with Crippen LogP contribution in [0.4, 0.5) is 0 Å². The van der Waals surface area contributed by atoms with Crippen LogP contribution < -0.4 is 5.32 Å². The van der Waals surface area contributed by atoms with Crippen LogP contribution in [0.25, 0.3) is 0 Å². The van der Waals surface area contributed by atoms with Crippen LogP contribution in [0.1, 0.15) is 12.8 Å². The van der Waals surface area contributed by atoms with E-state index in [-0.39, 0.29) is 5.91 Å². The van der Waals surface area contributed by atoms with Gasteiger partial charge < -0.3 is 10.1 Å². The third-order valence-corrected chi connectivity index (χ3v) is 1.60. The number of rotatable bonds is 7. The van der Waals surface area contributed by atoms with Crippen LogP contribution in [0, 0.1) is 0 Å². The van der Waals surface area contributed by atoms with Gasteiger partial charge in [-0.15, -0.1) is 0 Å². The van der Waals surface area contributed by atoms with Crippen LogP contribution in [-0.4, -0.2) is 26.2 Å². The molecule has 0 rings (SSSR count). The van der Waals surface area contributed by atoms with Crippen molar-refractivity contribution in [2.24, 2.45) is 0 Å². The summed E-state index contributed by atoms with van der Waals surface area (Å²) in [7, 11) is 1.66. The van der Waals surface area contributed by atoms with Crippen LogP contribution in [-0.2, 0) is 9.53 Å². The highest BCUT2D eigenvalue weighted by Gasteiger charge is 2.00. The first-order chi connectivity index (χ1) is 6.22. The third kappa shape index (κ3) is 6.11. The summed E-state index contributed by atoms with van der Waals surface area (Å²) in [6, 6.07) is 0. The predicted molar refractivity (Wildman–Crippen MR) is 53.5 cm³/mol. The molecule has 0 aromatic rings. The second kappa shape index (κ2) is 7.55. The van der Waals surface area contributed by atoms with Crippen molar-refractivity contribution >= 4 is 5.91 Å². The van der Waals surface area contributed by atoms with Crippen molar-refractivity contribution in [3.8, 4) is 0 Å². The Labute approximate surface area is 79.5 Å². The minimum Gasteiger partial charge on any atom is -0.385 e. The molecule has 74 valence electrons.